The number of esters is 1. The Labute approximate surface area is 152 Å². The van der Waals surface area contributed by atoms with Gasteiger partial charge in [0.25, 0.3) is 5.91 Å². The van der Waals surface area contributed by atoms with Gasteiger partial charge >= 0.3 is 5.97 Å². The van der Waals surface area contributed by atoms with Gasteiger partial charge in [0.05, 0.1) is 35.8 Å². The van der Waals surface area contributed by atoms with Crippen molar-refractivity contribution in [3.63, 3.8) is 0 Å². The van der Waals surface area contributed by atoms with Gasteiger partial charge < -0.3 is 19.9 Å². The lowest BCUT2D eigenvalue weighted by Crippen LogP contribution is -2.47. The minimum atomic E-state index is -0.425. The van der Waals surface area contributed by atoms with Gasteiger partial charge in [0.15, 0.2) is 0 Å². The van der Waals surface area contributed by atoms with Crippen LogP contribution < -0.4 is 5.32 Å². The molecule has 136 valence electrons. The molecule has 7 heteroatoms. The van der Waals surface area contributed by atoms with Gasteiger partial charge in [-0.25, -0.2) is 4.79 Å². The largest absolute Gasteiger partial charge is 0.465 e. The van der Waals surface area contributed by atoms with Crippen molar-refractivity contribution < 1.29 is 14.3 Å². The predicted molar refractivity (Wildman–Crippen MR) is 98.7 cm³/mol. The van der Waals surface area contributed by atoms with Gasteiger partial charge in [0.1, 0.15) is 0 Å². The maximum absolute atomic E-state index is 12.7. The third-order valence-corrected chi connectivity index (χ3v) is 4.39. The van der Waals surface area contributed by atoms with Gasteiger partial charge in [-0.2, -0.15) is 0 Å². The third-order valence-electron chi connectivity index (χ3n) is 4.39. The van der Waals surface area contributed by atoms with E-state index in [1.54, 1.807) is 36.7 Å². The Morgan fingerprint density at radius 2 is 1.85 bits per heavy atom. The number of piperazine rings is 1. The topological polar surface area (TPSA) is 74.8 Å². The summed E-state index contributed by atoms with van der Waals surface area (Å²) in [6, 6.07) is 8.80. The Balaban J connectivity index is 1.78. The maximum Gasteiger partial charge on any atom is 0.339 e. The highest BCUT2D eigenvalue weighted by atomic mass is 16.5. The van der Waals surface area contributed by atoms with E-state index in [1.165, 1.54) is 7.11 Å². The molecule has 0 radical (unpaired) electrons. The first kappa shape index (κ1) is 17.9. The average Bonchev–Trinajstić information content (AvgIpc) is 2.68. The van der Waals surface area contributed by atoms with Crippen molar-refractivity contribution in [2.45, 2.75) is 0 Å². The van der Waals surface area contributed by atoms with Gasteiger partial charge in [0, 0.05) is 32.4 Å². The van der Waals surface area contributed by atoms with Crippen LogP contribution in [-0.4, -0.2) is 67.0 Å². The number of carbonyl (C=O) groups is 2. The van der Waals surface area contributed by atoms with E-state index in [9.17, 15) is 9.59 Å². The van der Waals surface area contributed by atoms with Crippen LogP contribution in [0.2, 0.25) is 0 Å². The lowest BCUT2D eigenvalue weighted by atomic mass is 10.1. The van der Waals surface area contributed by atoms with Crippen LogP contribution in [-0.2, 0) is 4.74 Å². The van der Waals surface area contributed by atoms with Crippen LogP contribution in [0.15, 0.2) is 42.7 Å². The Bertz CT molecular complexity index is 801. The summed E-state index contributed by atoms with van der Waals surface area (Å²) in [5.41, 5.74) is 2.19. The predicted octanol–water partition coefficient (Wildman–Crippen LogP) is 2.00. The molecule has 0 spiro atoms. The Hall–Kier alpha value is -2.93. The van der Waals surface area contributed by atoms with E-state index in [0.29, 0.717) is 35.6 Å². The number of likely N-dealkylation sites (N-methyl/N-ethyl adjacent to an activating group) is 1. The van der Waals surface area contributed by atoms with Crippen molar-refractivity contribution in [2.24, 2.45) is 0 Å². The SMILES string of the molecule is COC(=O)c1ccccc1Nc1cncc(C(=O)N2CCN(C)CC2)c1. The van der Waals surface area contributed by atoms with Gasteiger partial charge in [-0.05, 0) is 25.2 Å². The smallest absolute Gasteiger partial charge is 0.339 e. The lowest BCUT2D eigenvalue weighted by molar-refractivity contribution is 0.0601. The van der Waals surface area contributed by atoms with E-state index in [-0.39, 0.29) is 5.91 Å². The Morgan fingerprint density at radius 3 is 2.58 bits per heavy atom. The standard InChI is InChI=1S/C19H22N4O3/c1-22-7-9-23(10-8-22)18(24)14-11-15(13-20-12-14)21-17-6-4-3-5-16(17)19(25)26-2/h3-6,11-13,21H,7-10H2,1-2H3. The van der Waals surface area contributed by atoms with E-state index >= 15 is 0 Å². The molecule has 1 aromatic carbocycles. The molecule has 1 aromatic heterocycles. The molecule has 0 aliphatic carbocycles. The molecule has 0 atom stereocenters. The van der Waals surface area contributed by atoms with Crippen LogP contribution in [0.25, 0.3) is 0 Å². The summed E-state index contributed by atoms with van der Waals surface area (Å²) in [7, 11) is 3.39. The molecule has 1 fully saturated rings. The summed E-state index contributed by atoms with van der Waals surface area (Å²) in [5, 5.41) is 3.15. The second-order valence-corrected chi connectivity index (χ2v) is 6.22. The Kier molecular flexibility index (Phi) is 5.48. The molecule has 0 bridgehead atoms. The Morgan fingerprint density at radius 1 is 1.12 bits per heavy atom. The van der Waals surface area contributed by atoms with Gasteiger partial charge in [-0.3, -0.25) is 9.78 Å². The van der Waals surface area contributed by atoms with Crippen molar-refractivity contribution in [3.05, 3.63) is 53.9 Å². The number of ether oxygens (including phenoxy) is 1. The van der Waals surface area contributed by atoms with Crippen molar-refractivity contribution in [1.29, 1.82) is 0 Å². The van der Waals surface area contributed by atoms with Gasteiger partial charge in [-0.15, -0.1) is 0 Å². The van der Waals surface area contributed by atoms with E-state index in [2.05, 4.69) is 15.2 Å². The first-order valence-corrected chi connectivity index (χ1v) is 8.45. The number of hydrogen-bond acceptors (Lipinski definition) is 6. The molecular formula is C19H22N4O3. The zero-order valence-electron chi connectivity index (χ0n) is 14.9. The minimum Gasteiger partial charge on any atom is -0.465 e. The number of nitrogens with one attached hydrogen (secondary N) is 1. The molecule has 26 heavy (non-hydrogen) atoms. The molecule has 1 amide bonds. The van der Waals surface area contributed by atoms with Gasteiger partial charge in [0.2, 0.25) is 0 Å². The van der Waals surface area contributed by atoms with E-state index in [4.69, 9.17) is 4.74 Å². The molecule has 0 unspecified atom stereocenters. The molecule has 2 aromatic rings. The highest BCUT2D eigenvalue weighted by molar-refractivity contribution is 5.97. The second-order valence-electron chi connectivity index (χ2n) is 6.22. The lowest BCUT2D eigenvalue weighted by Gasteiger charge is -2.32. The minimum absolute atomic E-state index is 0.0319. The second kappa shape index (κ2) is 7.97. The number of anilines is 2. The molecule has 1 aliphatic heterocycles. The molecule has 1 saturated heterocycles. The zero-order chi connectivity index (χ0) is 18.5. The molecule has 7 nitrogen and oxygen atoms in total. The monoisotopic (exact) mass is 354 g/mol. The molecule has 3 rings (SSSR count). The van der Waals surface area contributed by atoms with Crippen molar-refractivity contribution in [1.82, 2.24) is 14.8 Å². The number of pyridine rings is 1. The molecule has 1 N–H and O–H groups in total. The third kappa shape index (κ3) is 4.00. The zero-order valence-corrected chi connectivity index (χ0v) is 14.9. The fraction of sp³-hybridized carbons (Fsp3) is 0.316. The molecule has 1 aliphatic rings. The maximum atomic E-state index is 12.7. The summed E-state index contributed by atoms with van der Waals surface area (Å²) in [5.74, 6) is -0.457. The normalized spacial score (nSPS) is 14.8. The summed E-state index contributed by atoms with van der Waals surface area (Å²) >= 11 is 0. The van der Waals surface area contributed by atoms with Crippen LogP contribution in [0, 0.1) is 0 Å². The number of amides is 1. The number of methoxy groups -OCH3 is 1. The number of aromatic nitrogens is 1. The van der Waals surface area contributed by atoms with Crippen LogP contribution in [0.5, 0.6) is 0 Å². The summed E-state index contributed by atoms with van der Waals surface area (Å²) in [6.45, 7) is 3.14. The van der Waals surface area contributed by atoms with E-state index < -0.39 is 5.97 Å². The molecule has 2 heterocycles. The highest BCUT2D eigenvalue weighted by Gasteiger charge is 2.21. The van der Waals surface area contributed by atoms with Crippen LogP contribution in [0.4, 0.5) is 11.4 Å². The van der Waals surface area contributed by atoms with Crippen LogP contribution in [0.1, 0.15) is 20.7 Å². The fourth-order valence-corrected chi connectivity index (χ4v) is 2.85. The number of para-hydroxylation sites is 1. The summed E-state index contributed by atoms with van der Waals surface area (Å²) < 4.78 is 4.81. The number of benzene rings is 1. The van der Waals surface area contributed by atoms with E-state index in [0.717, 1.165) is 13.1 Å². The van der Waals surface area contributed by atoms with Crippen molar-refractivity contribution in [2.75, 3.05) is 45.7 Å². The van der Waals surface area contributed by atoms with Crippen LogP contribution >= 0.6 is 0 Å². The number of carbonyl (C=O) groups excluding carboxylic acids is 2. The summed E-state index contributed by atoms with van der Waals surface area (Å²) in [6.07, 6.45) is 3.19. The first-order valence-electron chi connectivity index (χ1n) is 8.45. The first-order chi connectivity index (χ1) is 12.6. The summed E-state index contributed by atoms with van der Waals surface area (Å²) in [4.78, 5) is 32.8. The van der Waals surface area contributed by atoms with Crippen LogP contribution in [0.3, 0.4) is 0 Å². The van der Waals surface area contributed by atoms with Crippen molar-refractivity contribution >= 4 is 23.3 Å². The fourth-order valence-electron chi connectivity index (χ4n) is 2.85. The average molecular weight is 354 g/mol. The quantitative estimate of drug-likeness (QED) is 0.847. The number of rotatable bonds is 4. The van der Waals surface area contributed by atoms with Crippen molar-refractivity contribution in [3.8, 4) is 0 Å². The molecular weight excluding hydrogens is 332 g/mol. The van der Waals surface area contributed by atoms with Gasteiger partial charge in [-0.1, -0.05) is 12.1 Å². The van der Waals surface area contributed by atoms with E-state index in [1.807, 2.05) is 18.0 Å². The number of hydrogen-bond donors (Lipinski definition) is 1. The molecule has 0 saturated carbocycles. The highest BCUT2D eigenvalue weighted by Crippen LogP contribution is 2.22. The number of nitrogens with zero attached hydrogens (tertiary/aromatic N) is 3.